The van der Waals surface area contributed by atoms with Crippen LogP contribution in [0, 0.1) is 12.8 Å². The summed E-state index contributed by atoms with van der Waals surface area (Å²) in [6.45, 7) is 3.45. The van der Waals surface area contributed by atoms with Gasteiger partial charge in [0.05, 0.1) is 5.69 Å². The van der Waals surface area contributed by atoms with Gasteiger partial charge in [0.2, 0.25) is 5.76 Å². The first-order chi connectivity index (χ1) is 7.70. The van der Waals surface area contributed by atoms with Crippen molar-refractivity contribution in [3.05, 3.63) is 17.5 Å². The molecule has 1 aromatic heterocycles. The first-order valence-corrected chi connectivity index (χ1v) is 6.61. The van der Waals surface area contributed by atoms with Crippen molar-refractivity contribution in [1.82, 2.24) is 10.1 Å². The van der Waals surface area contributed by atoms with Crippen LogP contribution < -0.4 is 0 Å². The lowest BCUT2D eigenvalue weighted by atomic mass is 10.00. The molecule has 16 heavy (non-hydrogen) atoms. The second-order valence-electron chi connectivity index (χ2n) is 4.25. The summed E-state index contributed by atoms with van der Waals surface area (Å²) in [6, 6.07) is 1.69. The predicted octanol–water partition coefficient (Wildman–Crippen LogP) is 2.23. The van der Waals surface area contributed by atoms with Gasteiger partial charge in [-0.1, -0.05) is 21.1 Å². The van der Waals surface area contributed by atoms with Crippen molar-refractivity contribution in [1.29, 1.82) is 0 Å². The van der Waals surface area contributed by atoms with E-state index in [0.29, 0.717) is 11.7 Å². The van der Waals surface area contributed by atoms with Gasteiger partial charge in [0.25, 0.3) is 5.91 Å². The molecule has 4 nitrogen and oxygen atoms in total. The molecule has 2 heterocycles. The number of halogens is 1. The molecule has 5 heteroatoms. The zero-order valence-electron chi connectivity index (χ0n) is 9.28. The van der Waals surface area contributed by atoms with Crippen molar-refractivity contribution >= 4 is 21.8 Å². The standard InChI is InChI=1S/C11H15BrN2O2/c1-8-5-10(16-13-8)11(15)14-4-2-3-9(6-12)7-14/h5,9H,2-4,6-7H2,1H3. The third kappa shape index (κ3) is 2.45. The van der Waals surface area contributed by atoms with Crippen LogP contribution in [0.1, 0.15) is 29.1 Å². The molecule has 1 aromatic rings. The van der Waals surface area contributed by atoms with Crippen molar-refractivity contribution in [3.8, 4) is 0 Å². The maximum absolute atomic E-state index is 12.1. The minimum absolute atomic E-state index is 0.0359. The van der Waals surface area contributed by atoms with Crippen molar-refractivity contribution in [3.63, 3.8) is 0 Å². The van der Waals surface area contributed by atoms with Gasteiger partial charge in [0.15, 0.2) is 0 Å². The summed E-state index contributed by atoms with van der Waals surface area (Å²) >= 11 is 3.47. The second-order valence-corrected chi connectivity index (χ2v) is 4.89. The Labute approximate surface area is 103 Å². The Morgan fingerprint density at radius 1 is 1.75 bits per heavy atom. The Kier molecular flexibility index (Phi) is 3.63. The van der Waals surface area contributed by atoms with E-state index in [-0.39, 0.29) is 5.91 Å². The number of amides is 1. The van der Waals surface area contributed by atoms with E-state index in [4.69, 9.17) is 4.52 Å². The van der Waals surface area contributed by atoms with Crippen LogP contribution in [-0.4, -0.2) is 34.4 Å². The van der Waals surface area contributed by atoms with E-state index in [0.717, 1.165) is 30.5 Å². The molecule has 1 saturated heterocycles. The van der Waals surface area contributed by atoms with Crippen molar-refractivity contribution in [2.45, 2.75) is 19.8 Å². The molecule has 88 valence electrons. The van der Waals surface area contributed by atoms with Gasteiger partial charge in [-0.2, -0.15) is 0 Å². The number of aromatic nitrogens is 1. The molecule has 1 atom stereocenters. The molecule has 0 radical (unpaired) electrons. The minimum Gasteiger partial charge on any atom is -0.351 e. The van der Waals surface area contributed by atoms with Crippen molar-refractivity contribution in [2.75, 3.05) is 18.4 Å². The van der Waals surface area contributed by atoms with Crippen LogP contribution in [-0.2, 0) is 0 Å². The van der Waals surface area contributed by atoms with Crippen LogP contribution in [0.3, 0.4) is 0 Å². The smallest absolute Gasteiger partial charge is 0.292 e. The number of rotatable bonds is 2. The summed E-state index contributed by atoms with van der Waals surface area (Å²) in [5.41, 5.74) is 0.748. The van der Waals surface area contributed by atoms with Gasteiger partial charge in [0, 0.05) is 24.5 Å². The van der Waals surface area contributed by atoms with E-state index >= 15 is 0 Å². The fraction of sp³-hybridized carbons (Fsp3) is 0.636. The number of piperidine rings is 1. The van der Waals surface area contributed by atoms with Crippen LogP contribution in [0.15, 0.2) is 10.6 Å². The maximum Gasteiger partial charge on any atom is 0.292 e. The summed E-state index contributed by atoms with van der Waals surface area (Å²) in [7, 11) is 0. The SMILES string of the molecule is Cc1cc(C(=O)N2CCCC(CBr)C2)on1. The number of nitrogens with zero attached hydrogens (tertiary/aromatic N) is 2. The molecule has 0 saturated carbocycles. The van der Waals surface area contributed by atoms with E-state index in [9.17, 15) is 4.79 Å². The van der Waals surface area contributed by atoms with E-state index in [1.807, 2.05) is 11.8 Å². The highest BCUT2D eigenvalue weighted by molar-refractivity contribution is 9.09. The average Bonchev–Trinajstić information content (AvgIpc) is 2.75. The largest absolute Gasteiger partial charge is 0.351 e. The molecule has 2 rings (SSSR count). The molecule has 0 N–H and O–H groups in total. The van der Waals surface area contributed by atoms with Gasteiger partial charge in [-0.3, -0.25) is 4.79 Å². The average molecular weight is 287 g/mol. The number of likely N-dealkylation sites (tertiary alicyclic amines) is 1. The highest BCUT2D eigenvalue weighted by Crippen LogP contribution is 2.20. The molecule has 0 aromatic carbocycles. The Hall–Kier alpha value is -0.840. The first kappa shape index (κ1) is 11.6. The summed E-state index contributed by atoms with van der Waals surface area (Å²) in [5.74, 6) is 0.876. The quantitative estimate of drug-likeness (QED) is 0.784. The van der Waals surface area contributed by atoms with E-state index < -0.39 is 0 Å². The third-order valence-corrected chi connectivity index (χ3v) is 3.78. The van der Waals surface area contributed by atoms with Crippen LogP contribution in [0.4, 0.5) is 0 Å². The number of carbonyl (C=O) groups excluding carboxylic acids is 1. The van der Waals surface area contributed by atoms with Gasteiger partial charge < -0.3 is 9.42 Å². The number of hydrogen-bond acceptors (Lipinski definition) is 3. The van der Waals surface area contributed by atoms with Crippen LogP contribution in [0.2, 0.25) is 0 Å². The minimum atomic E-state index is -0.0359. The fourth-order valence-electron chi connectivity index (χ4n) is 2.00. The third-order valence-electron chi connectivity index (χ3n) is 2.86. The van der Waals surface area contributed by atoms with Crippen LogP contribution in [0.5, 0.6) is 0 Å². The second kappa shape index (κ2) is 4.99. The highest BCUT2D eigenvalue weighted by Gasteiger charge is 2.25. The molecular weight excluding hydrogens is 272 g/mol. The fourth-order valence-corrected chi connectivity index (χ4v) is 2.52. The Bertz CT molecular complexity index is 378. The monoisotopic (exact) mass is 286 g/mol. The van der Waals surface area contributed by atoms with Gasteiger partial charge in [-0.25, -0.2) is 0 Å². The lowest BCUT2D eigenvalue weighted by Crippen LogP contribution is -2.40. The molecular formula is C11H15BrN2O2. The number of hydrogen-bond donors (Lipinski definition) is 0. The highest BCUT2D eigenvalue weighted by atomic mass is 79.9. The first-order valence-electron chi connectivity index (χ1n) is 5.49. The maximum atomic E-state index is 12.1. The Morgan fingerprint density at radius 3 is 3.19 bits per heavy atom. The Morgan fingerprint density at radius 2 is 2.56 bits per heavy atom. The van der Waals surface area contributed by atoms with Crippen LogP contribution >= 0.6 is 15.9 Å². The Balaban J connectivity index is 2.04. The zero-order valence-corrected chi connectivity index (χ0v) is 10.9. The van der Waals surface area contributed by atoms with Crippen molar-refractivity contribution < 1.29 is 9.32 Å². The summed E-state index contributed by atoms with van der Waals surface area (Å²) in [4.78, 5) is 13.9. The number of aryl methyl sites for hydroxylation is 1. The predicted molar refractivity (Wildman–Crippen MR) is 63.7 cm³/mol. The van der Waals surface area contributed by atoms with Crippen molar-refractivity contribution in [2.24, 2.45) is 5.92 Å². The molecule has 1 amide bonds. The summed E-state index contributed by atoms with van der Waals surface area (Å²) in [6.07, 6.45) is 2.25. The lowest BCUT2D eigenvalue weighted by molar-refractivity contribution is 0.0644. The number of carbonyl (C=O) groups is 1. The molecule has 1 unspecified atom stereocenters. The van der Waals surface area contributed by atoms with Gasteiger partial charge >= 0.3 is 0 Å². The van der Waals surface area contributed by atoms with Crippen LogP contribution in [0.25, 0.3) is 0 Å². The van der Waals surface area contributed by atoms with E-state index in [1.165, 1.54) is 6.42 Å². The normalized spacial score (nSPS) is 21.1. The summed E-state index contributed by atoms with van der Waals surface area (Å²) in [5, 5.41) is 4.69. The molecule has 0 aliphatic carbocycles. The van der Waals surface area contributed by atoms with Gasteiger partial charge in [0.1, 0.15) is 0 Å². The topological polar surface area (TPSA) is 46.3 Å². The van der Waals surface area contributed by atoms with Gasteiger partial charge in [-0.05, 0) is 25.7 Å². The summed E-state index contributed by atoms with van der Waals surface area (Å²) < 4.78 is 5.00. The molecule has 1 fully saturated rings. The van der Waals surface area contributed by atoms with E-state index in [1.54, 1.807) is 6.07 Å². The molecule has 0 bridgehead atoms. The molecule has 1 aliphatic rings. The number of alkyl halides is 1. The zero-order chi connectivity index (χ0) is 11.5. The van der Waals surface area contributed by atoms with E-state index in [2.05, 4.69) is 21.1 Å². The molecule has 1 aliphatic heterocycles. The molecule has 0 spiro atoms. The van der Waals surface area contributed by atoms with Gasteiger partial charge in [-0.15, -0.1) is 0 Å². The lowest BCUT2D eigenvalue weighted by Gasteiger charge is -2.31.